The lowest BCUT2D eigenvalue weighted by Crippen LogP contribution is -2.36. The molecule has 9 nitrogen and oxygen atoms in total. The summed E-state index contributed by atoms with van der Waals surface area (Å²) in [5.41, 5.74) is 1.57. The average Bonchev–Trinajstić information content (AvgIpc) is 2.69. The van der Waals surface area contributed by atoms with Gasteiger partial charge in [-0.2, -0.15) is 4.68 Å². The van der Waals surface area contributed by atoms with E-state index in [1.807, 2.05) is 24.3 Å². The van der Waals surface area contributed by atoms with Gasteiger partial charge in [-0.25, -0.2) is 0 Å². The van der Waals surface area contributed by atoms with Gasteiger partial charge in [-0.05, 0) is 38.1 Å². The zero-order chi connectivity index (χ0) is 19.4. The zero-order valence-electron chi connectivity index (χ0n) is 15.2. The van der Waals surface area contributed by atoms with Gasteiger partial charge in [0, 0.05) is 24.5 Å². The van der Waals surface area contributed by atoms with Crippen LogP contribution in [0.2, 0.25) is 0 Å². The van der Waals surface area contributed by atoms with E-state index >= 15 is 0 Å². The fourth-order valence-electron chi connectivity index (χ4n) is 2.58. The number of nitrogen functional groups attached to an aromatic ring is 1. The van der Waals surface area contributed by atoms with Crippen molar-refractivity contribution >= 4 is 29.0 Å². The highest BCUT2D eigenvalue weighted by Gasteiger charge is 2.19. The lowest BCUT2D eigenvalue weighted by molar-refractivity contribution is -0.115. The van der Waals surface area contributed by atoms with E-state index < -0.39 is 10.8 Å². The average molecular weight is 390 g/mol. The van der Waals surface area contributed by atoms with E-state index in [1.165, 1.54) is 6.92 Å². The first-order valence-electron chi connectivity index (χ1n) is 8.57. The zero-order valence-corrected chi connectivity index (χ0v) is 16.0. The number of nitrogens with one attached hydrogen (secondary N) is 1. The molecule has 3 rings (SSSR count). The van der Waals surface area contributed by atoms with E-state index in [4.69, 9.17) is 10.6 Å². The Morgan fingerprint density at radius 1 is 1.26 bits per heavy atom. The van der Waals surface area contributed by atoms with Gasteiger partial charge < -0.3 is 20.8 Å². The molecule has 0 aliphatic carbocycles. The van der Waals surface area contributed by atoms with Crippen LogP contribution in [0, 0.1) is 6.92 Å². The summed E-state index contributed by atoms with van der Waals surface area (Å²) in [7, 11) is 0. The van der Waals surface area contributed by atoms with Crippen LogP contribution in [0.5, 0.6) is 0 Å². The Morgan fingerprint density at radius 2 is 1.93 bits per heavy atom. The fourth-order valence-corrected chi connectivity index (χ4v) is 3.35. The summed E-state index contributed by atoms with van der Waals surface area (Å²) in [6.45, 7) is 6.41. The molecule has 1 saturated heterocycles. The Labute approximate surface area is 160 Å². The number of hydrogen-bond donors (Lipinski definition) is 2. The van der Waals surface area contributed by atoms with Gasteiger partial charge in [0.15, 0.2) is 0 Å². The van der Waals surface area contributed by atoms with Crippen LogP contribution >= 0.6 is 11.8 Å². The summed E-state index contributed by atoms with van der Waals surface area (Å²) >= 11 is 1.08. The minimum absolute atomic E-state index is 0.191. The van der Waals surface area contributed by atoms with Gasteiger partial charge in [0.2, 0.25) is 11.1 Å². The van der Waals surface area contributed by atoms with Gasteiger partial charge in [0.1, 0.15) is 5.69 Å². The molecule has 2 aromatic rings. The molecule has 10 heteroatoms. The van der Waals surface area contributed by atoms with E-state index in [-0.39, 0.29) is 16.8 Å². The van der Waals surface area contributed by atoms with Crippen molar-refractivity contribution in [2.24, 2.45) is 0 Å². The minimum Gasteiger partial charge on any atom is -0.378 e. The van der Waals surface area contributed by atoms with Crippen LogP contribution in [0.15, 0.2) is 34.2 Å². The van der Waals surface area contributed by atoms with E-state index in [0.29, 0.717) is 5.69 Å². The topological polar surface area (TPSA) is 115 Å². The number of nitrogens with zero attached hydrogens (tertiary/aromatic N) is 4. The smallest absolute Gasteiger partial charge is 0.294 e. The van der Waals surface area contributed by atoms with Gasteiger partial charge in [-0.3, -0.25) is 9.59 Å². The van der Waals surface area contributed by atoms with E-state index in [9.17, 15) is 9.59 Å². The third-order valence-electron chi connectivity index (χ3n) is 4.18. The normalized spacial score (nSPS) is 15.4. The number of anilines is 2. The third kappa shape index (κ3) is 4.58. The Bertz CT molecular complexity index is 864. The highest BCUT2D eigenvalue weighted by Crippen LogP contribution is 2.22. The monoisotopic (exact) mass is 390 g/mol. The number of aryl methyl sites for hydroxylation is 1. The molecule has 0 spiro atoms. The molecule has 27 heavy (non-hydrogen) atoms. The molecule has 1 amide bonds. The Hall–Kier alpha value is -2.59. The van der Waals surface area contributed by atoms with Crippen molar-refractivity contribution in [2.45, 2.75) is 24.3 Å². The van der Waals surface area contributed by atoms with Gasteiger partial charge in [0.05, 0.1) is 18.5 Å². The maximum atomic E-state index is 12.4. The summed E-state index contributed by atoms with van der Waals surface area (Å²) in [6, 6.07) is 7.68. The molecule has 1 aliphatic heterocycles. The van der Waals surface area contributed by atoms with Crippen LogP contribution in [0.3, 0.4) is 0 Å². The Balaban J connectivity index is 1.61. The van der Waals surface area contributed by atoms with Crippen LogP contribution in [-0.4, -0.2) is 52.3 Å². The summed E-state index contributed by atoms with van der Waals surface area (Å²) in [6.07, 6.45) is 0. The number of carbonyl (C=O) groups is 1. The van der Waals surface area contributed by atoms with Crippen molar-refractivity contribution < 1.29 is 9.53 Å². The molecule has 0 unspecified atom stereocenters. The van der Waals surface area contributed by atoms with Gasteiger partial charge in [-0.15, -0.1) is 10.2 Å². The molecule has 3 N–H and O–H groups in total. The molecular weight excluding hydrogens is 368 g/mol. The first kappa shape index (κ1) is 19.2. The van der Waals surface area contributed by atoms with Gasteiger partial charge >= 0.3 is 0 Å². The van der Waals surface area contributed by atoms with Crippen molar-refractivity contribution in [2.75, 3.05) is 42.4 Å². The Morgan fingerprint density at radius 3 is 2.59 bits per heavy atom. The lowest BCUT2D eigenvalue weighted by Gasteiger charge is -2.28. The predicted octanol–water partition coefficient (Wildman–Crippen LogP) is 0.616. The quantitative estimate of drug-likeness (QED) is 0.564. The molecular formula is C17H22N6O3S. The van der Waals surface area contributed by atoms with Crippen molar-refractivity contribution in [3.05, 3.63) is 40.3 Å². The number of nitrogens with two attached hydrogens (primary N) is 1. The number of aromatic nitrogens is 3. The van der Waals surface area contributed by atoms with Crippen LogP contribution in [0.1, 0.15) is 12.6 Å². The number of benzene rings is 1. The first-order valence-corrected chi connectivity index (χ1v) is 9.45. The van der Waals surface area contributed by atoms with E-state index in [1.54, 1.807) is 6.92 Å². The van der Waals surface area contributed by atoms with Crippen molar-refractivity contribution in [1.29, 1.82) is 0 Å². The molecule has 1 aromatic heterocycles. The van der Waals surface area contributed by atoms with Crippen LogP contribution in [0.25, 0.3) is 0 Å². The standard InChI is InChI=1S/C17H22N6O3S/c1-11-16(25)23(18)17(21-20-11)27-12(2)15(24)19-13-3-5-14(6-4-13)22-7-9-26-10-8-22/h3-6,12H,7-10,18H2,1-2H3,(H,19,24)/t12-/m1/s1. The second kappa shape index (κ2) is 8.40. The summed E-state index contributed by atoms with van der Waals surface area (Å²) < 4.78 is 6.26. The highest BCUT2D eigenvalue weighted by molar-refractivity contribution is 8.00. The lowest BCUT2D eigenvalue weighted by atomic mass is 10.2. The second-order valence-corrected chi connectivity index (χ2v) is 7.45. The van der Waals surface area contributed by atoms with E-state index in [2.05, 4.69) is 20.4 Å². The molecule has 144 valence electrons. The Kier molecular flexibility index (Phi) is 5.97. The van der Waals surface area contributed by atoms with Gasteiger partial charge in [-0.1, -0.05) is 11.8 Å². The maximum Gasteiger partial charge on any atom is 0.294 e. The fraction of sp³-hybridized carbons (Fsp3) is 0.412. The highest BCUT2D eigenvalue weighted by atomic mass is 32.2. The van der Waals surface area contributed by atoms with Crippen LogP contribution < -0.4 is 21.6 Å². The number of amides is 1. The molecule has 1 aromatic carbocycles. The molecule has 0 saturated carbocycles. The number of thioether (sulfide) groups is 1. The third-order valence-corrected chi connectivity index (χ3v) is 5.24. The molecule has 1 fully saturated rings. The van der Waals surface area contributed by atoms with Crippen molar-refractivity contribution in [1.82, 2.24) is 14.9 Å². The van der Waals surface area contributed by atoms with Crippen LogP contribution in [0.4, 0.5) is 11.4 Å². The van der Waals surface area contributed by atoms with Crippen molar-refractivity contribution in [3.8, 4) is 0 Å². The largest absolute Gasteiger partial charge is 0.378 e. The molecule has 0 radical (unpaired) electrons. The first-order chi connectivity index (χ1) is 13.0. The number of morpholine rings is 1. The van der Waals surface area contributed by atoms with Gasteiger partial charge in [0.25, 0.3) is 5.56 Å². The number of ether oxygens (including phenoxy) is 1. The summed E-state index contributed by atoms with van der Waals surface area (Å²) in [5, 5.41) is 10.2. The molecule has 2 heterocycles. The molecule has 1 aliphatic rings. The van der Waals surface area contributed by atoms with Crippen molar-refractivity contribution in [3.63, 3.8) is 0 Å². The number of carbonyl (C=O) groups excluding carboxylic acids is 1. The predicted molar refractivity (Wildman–Crippen MR) is 105 cm³/mol. The second-order valence-electron chi connectivity index (χ2n) is 6.14. The van der Waals surface area contributed by atoms with E-state index in [0.717, 1.165) is 48.4 Å². The number of rotatable bonds is 5. The number of hydrogen-bond acceptors (Lipinski definition) is 8. The molecule has 1 atom stereocenters. The summed E-state index contributed by atoms with van der Waals surface area (Å²) in [5.74, 6) is 5.49. The summed E-state index contributed by atoms with van der Waals surface area (Å²) in [4.78, 5) is 26.5. The minimum atomic E-state index is -0.505. The van der Waals surface area contributed by atoms with Crippen LogP contribution in [-0.2, 0) is 9.53 Å². The molecule has 0 bridgehead atoms. The maximum absolute atomic E-state index is 12.4. The SMILES string of the molecule is Cc1nnc(S[C@H](C)C(=O)Nc2ccc(N3CCOCC3)cc2)n(N)c1=O.